The molecule has 1 unspecified atom stereocenters. The molecule has 0 aliphatic heterocycles. The molecule has 0 amide bonds. The van der Waals surface area contributed by atoms with Gasteiger partial charge in [-0.2, -0.15) is 0 Å². The highest BCUT2D eigenvalue weighted by molar-refractivity contribution is 9.10. The lowest BCUT2D eigenvalue weighted by Crippen LogP contribution is -2.47. The van der Waals surface area contributed by atoms with E-state index in [-0.39, 0.29) is 0 Å². The predicted octanol–water partition coefficient (Wildman–Crippen LogP) is 3.07. The zero-order chi connectivity index (χ0) is 14.6. The van der Waals surface area contributed by atoms with Gasteiger partial charge in [-0.05, 0) is 43.4 Å². The van der Waals surface area contributed by atoms with Gasteiger partial charge in [0.05, 0.1) is 5.60 Å². The normalized spacial score (nSPS) is 25.0. The topological polar surface area (TPSA) is 41.5 Å². The van der Waals surface area contributed by atoms with Crippen LogP contribution < -0.4 is 5.32 Å². The molecule has 0 heterocycles. The number of nitrogens with one attached hydrogen (secondary N) is 1. The predicted molar refractivity (Wildman–Crippen MR) is 85.0 cm³/mol. The molecule has 1 aliphatic rings. The highest BCUT2D eigenvalue weighted by Crippen LogP contribution is 2.37. The van der Waals surface area contributed by atoms with Crippen molar-refractivity contribution in [2.75, 3.05) is 20.3 Å². The Labute approximate surface area is 129 Å². The Morgan fingerprint density at radius 2 is 2.00 bits per heavy atom. The fraction of sp³-hybridized carbons (Fsp3) is 0.625. The second-order valence-electron chi connectivity index (χ2n) is 6.04. The molecule has 0 aromatic heterocycles. The number of rotatable bonds is 7. The molecule has 20 heavy (non-hydrogen) atoms. The van der Waals surface area contributed by atoms with Gasteiger partial charge >= 0.3 is 0 Å². The van der Waals surface area contributed by atoms with Gasteiger partial charge in [0.15, 0.2) is 0 Å². The van der Waals surface area contributed by atoms with Gasteiger partial charge in [-0.25, -0.2) is 0 Å². The molecule has 1 aromatic carbocycles. The summed E-state index contributed by atoms with van der Waals surface area (Å²) in [6, 6.07) is 9.12. The quantitative estimate of drug-likeness (QED) is 0.800. The van der Waals surface area contributed by atoms with Crippen LogP contribution in [-0.2, 0) is 4.74 Å². The summed E-state index contributed by atoms with van der Waals surface area (Å²) in [4.78, 5) is 0. The van der Waals surface area contributed by atoms with E-state index in [4.69, 9.17) is 4.74 Å². The van der Waals surface area contributed by atoms with Gasteiger partial charge in [0.25, 0.3) is 0 Å². The molecule has 112 valence electrons. The first-order chi connectivity index (χ1) is 9.50. The molecule has 0 bridgehead atoms. The van der Waals surface area contributed by atoms with Crippen LogP contribution in [-0.4, -0.2) is 37.0 Å². The van der Waals surface area contributed by atoms with E-state index >= 15 is 0 Å². The van der Waals surface area contributed by atoms with Crippen LogP contribution in [0.1, 0.15) is 37.7 Å². The van der Waals surface area contributed by atoms with Crippen LogP contribution >= 0.6 is 15.9 Å². The number of ether oxygens (including phenoxy) is 1. The number of hydrogen-bond acceptors (Lipinski definition) is 3. The SMILES string of the molecule is COCCC(C)(O)CNC1CC(c2ccc(Br)cc2)C1. The number of aliphatic hydroxyl groups is 1. The molecule has 2 N–H and O–H groups in total. The summed E-state index contributed by atoms with van der Waals surface area (Å²) in [5, 5.41) is 13.6. The first-order valence-corrected chi connectivity index (χ1v) is 7.99. The molecular formula is C16H24BrNO2. The minimum Gasteiger partial charge on any atom is -0.389 e. The van der Waals surface area contributed by atoms with Crippen molar-refractivity contribution < 1.29 is 9.84 Å². The molecule has 0 spiro atoms. The van der Waals surface area contributed by atoms with Crippen LogP contribution in [0.15, 0.2) is 28.7 Å². The van der Waals surface area contributed by atoms with Crippen LogP contribution in [0.25, 0.3) is 0 Å². The van der Waals surface area contributed by atoms with E-state index in [1.165, 1.54) is 5.56 Å². The smallest absolute Gasteiger partial charge is 0.0765 e. The summed E-state index contributed by atoms with van der Waals surface area (Å²) in [7, 11) is 1.66. The first-order valence-electron chi connectivity index (χ1n) is 7.20. The average Bonchev–Trinajstić information content (AvgIpc) is 2.36. The van der Waals surface area contributed by atoms with Gasteiger partial charge in [0.1, 0.15) is 0 Å². The van der Waals surface area contributed by atoms with E-state index in [0.29, 0.717) is 31.5 Å². The van der Waals surface area contributed by atoms with Gasteiger partial charge in [-0.15, -0.1) is 0 Å². The largest absolute Gasteiger partial charge is 0.389 e. The highest BCUT2D eigenvalue weighted by atomic mass is 79.9. The van der Waals surface area contributed by atoms with Crippen LogP contribution in [0.3, 0.4) is 0 Å². The average molecular weight is 342 g/mol. The fourth-order valence-corrected chi connectivity index (χ4v) is 2.83. The number of halogens is 1. The van der Waals surface area contributed by atoms with E-state index in [1.54, 1.807) is 7.11 Å². The molecule has 4 heteroatoms. The fourth-order valence-electron chi connectivity index (χ4n) is 2.57. The summed E-state index contributed by atoms with van der Waals surface area (Å²) in [5.74, 6) is 0.657. The Kier molecular flexibility index (Phi) is 5.61. The lowest BCUT2D eigenvalue weighted by molar-refractivity contribution is 0.0197. The summed E-state index contributed by atoms with van der Waals surface area (Å²) in [6.45, 7) is 3.10. The third-order valence-corrected chi connectivity index (χ3v) is 4.62. The Morgan fingerprint density at radius 1 is 1.35 bits per heavy atom. The Morgan fingerprint density at radius 3 is 2.60 bits per heavy atom. The molecule has 0 saturated heterocycles. The lowest BCUT2D eigenvalue weighted by Gasteiger charge is -2.38. The Hall–Kier alpha value is -0.420. The van der Waals surface area contributed by atoms with Crippen LogP contribution in [0.5, 0.6) is 0 Å². The zero-order valence-electron chi connectivity index (χ0n) is 12.2. The lowest BCUT2D eigenvalue weighted by atomic mass is 9.75. The molecule has 3 nitrogen and oxygen atoms in total. The van der Waals surface area contributed by atoms with E-state index in [1.807, 2.05) is 6.92 Å². The Bertz CT molecular complexity index is 413. The van der Waals surface area contributed by atoms with Crippen molar-refractivity contribution >= 4 is 15.9 Å². The van der Waals surface area contributed by atoms with Crippen molar-refractivity contribution in [1.29, 1.82) is 0 Å². The summed E-state index contributed by atoms with van der Waals surface area (Å²) in [5.41, 5.74) is 0.732. The minimum atomic E-state index is -0.682. The van der Waals surface area contributed by atoms with Crippen molar-refractivity contribution in [1.82, 2.24) is 5.32 Å². The van der Waals surface area contributed by atoms with Gasteiger partial charge < -0.3 is 15.2 Å². The van der Waals surface area contributed by atoms with E-state index in [2.05, 4.69) is 45.5 Å². The summed E-state index contributed by atoms with van der Waals surface area (Å²) < 4.78 is 6.15. The maximum absolute atomic E-state index is 10.2. The van der Waals surface area contributed by atoms with Gasteiger partial charge in [0, 0.05) is 37.2 Å². The van der Waals surface area contributed by atoms with E-state index < -0.39 is 5.60 Å². The monoisotopic (exact) mass is 341 g/mol. The second kappa shape index (κ2) is 7.03. The van der Waals surface area contributed by atoms with Crippen molar-refractivity contribution in [3.63, 3.8) is 0 Å². The second-order valence-corrected chi connectivity index (χ2v) is 6.95. The molecule has 1 aromatic rings. The van der Waals surface area contributed by atoms with Crippen LogP contribution in [0.4, 0.5) is 0 Å². The third-order valence-electron chi connectivity index (χ3n) is 4.10. The van der Waals surface area contributed by atoms with E-state index in [9.17, 15) is 5.11 Å². The van der Waals surface area contributed by atoms with Gasteiger partial charge in [-0.1, -0.05) is 28.1 Å². The van der Waals surface area contributed by atoms with Crippen LogP contribution in [0, 0.1) is 0 Å². The van der Waals surface area contributed by atoms with Gasteiger partial charge in [0.2, 0.25) is 0 Å². The van der Waals surface area contributed by atoms with Crippen molar-refractivity contribution in [3.8, 4) is 0 Å². The number of hydrogen-bond donors (Lipinski definition) is 2. The third kappa shape index (κ3) is 4.55. The van der Waals surface area contributed by atoms with Gasteiger partial charge in [-0.3, -0.25) is 0 Å². The number of benzene rings is 1. The van der Waals surface area contributed by atoms with Crippen molar-refractivity contribution in [2.45, 2.75) is 43.7 Å². The molecule has 1 aliphatic carbocycles. The minimum absolute atomic E-state index is 0.526. The van der Waals surface area contributed by atoms with Crippen molar-refractivity contribution in [3.05, 3.63) is 34.3 Å². The molecule has 2 rings (SSSR count). The molecule has 1 fully saturated rings. The highest BCUT2D eigenvalue weighted by Gasteiger charge is 2.31. The zero-order valence-corrected chi connectivity index (χ0v) is 13.8. The van der Waals surface area contributed by atoms with Crippen molar-refractivity contribution in [2.24, 2.45) is 0 Å². The molecule has 1 saturated carbocycles. The summed E-state index contributed by atoms with van der Waals surface area (Å²) in [6.07, 6.45) is 2.98. The molecule has 0 radical (unpaired) electrons. The number of methoxy groups -OCH3 is 1. The standard InChI is InChI=1S/C16H24BrNO2/c1-16(19,7-8-20-2)11-18-15-9-13(10-15)12-3-5-14(17)6-4-12/h3-6,13,15,18-19H,7-11H2,1-2H3. The Balaban J connectivity index is 1.70. The summed E-state index contributed by atoms with van der Waals surface area (Å²) >= 11 is 3.46. The molecular weight excluding hydrogens is 318 g/mol. The molecule has 1 atom stereocenters. The first kappa shape index (κ1) is 16.0. The van der Waals surface area contributed by atoms with Crippen LogP contribution in [0.2, 0.25) is 0 Å². The van der Waals surface area contributed by atoms with E-state index in [0.717, 1.165) is 17.3 Å². The maximum atomic E-state index is 10.2. The maximum Gasteiger partial charge on any atom is 0.0765 e.